The molecule has 4 heteroatoms. The summed E-state index contributed by atoms with van der Waals surface area (Å²) >= 11 is 0. The van der Waals surface area contributed by atoms with Crippen molar-refractivity contribution >= 4 is 46.3 Å². The van der Waals surface area contributed by atoms with Gasteiger partial charge in [0.2, 0.25) is 0 Å². The Morgan fingerprint density at radius 3 is 1.50 bits per heavy atom. The minimum Gasteiger partial charge on any atom is -0.535 e. The topological polar surface area (TPSA) is 32.7 Å². The van der Waals surface area contributed by atoms with Crippen molar-refractivity contribution in [3.8, 4) is 5.75 Å². The monoisotopic (exact) mass is 388 g/mol. The smallest absolute Gasteiger partial charge is 0.535 e. The zero-order valence-electron chi connectivity index (χ0n) is 16.3. The van der Waals surface area contributed by atoms with Crippen molar-refractivity contribution in [1.82, 2.24) is 0 Å². The molecular weight excluding hydrogens is 369 g/mol. The molecule has 0 amide bonds. The average molecular weight is 388 g/mol. The summed E-state index contributed by atoms with van der Waals surface area (Å²) < 4.78 is 5.77. The second-order valence-corrected chi connectivity index (χ2v) is 7.00. The molecule has 0 saturated carbocycles. The first-order chi connectivity index (χ1) is 14.9. The van der Waals surface area contributed by atoms with Gasteiger partial charge in [-0.15, -0.1) is 0 Å². The summed E-state index contributed by atoms with van der Waals surface area (Å²) in [7, 11) is 0.758. The lowest BCUT2D eigenvalue weighted by atomic mass is 9.97. The van der Waals surface area contributed by atoms with Gasteiger partial charge in [-0.2, -0.15) is 0 Å². The molecule has 0 unspecified atom stereocenters. The van der Waals surface area contributed by atoms with Crippen LogP contribution in [-0.4, -0.2) is 12.7 Å². The van der Waals surface area contributed by atoms with Gasteiger partial charge >= 0.3 is 7.69 Å². The van der Waals surface area contributed by atoms with E-state index < -0.39 is 0 Å². The summed E-state index contributed by atoms with van der Waals surface area (Å²) in [5.74, 6) is 0.611. The molecule has 5 aromatic carbocycles. The summed E-state index contributed by atoms with van der Waals surface area (Å²) in [5, 5.41) is 13.8. The van der Waals surface area contributed by atoms with Gasteiger partial charge in [-0.3, -0.25) is 0 Å². The van der Waals surface area contributed by atoms with E-state index in [4.69, 9.17) is 4.65 Å². The Morgan fingerprint density at radius 2 is 0.967 bits per heavy atom. The second-order valence-electron chi connectivity index (χ2n) is 7.00. The number of rotatable bonds is 5. The van der Waals surface area contributed by atoms with Crippen molar-refractivity contribution in [2.45, 2.75) is 0 Å². The summed E-state index contributed by atoms with van der Waals surface area (Å²) in [6, 6.07) is 36.8. The van der Waals surface area contributed by atoms with Crippen LogP contribution in [0, 0.1) is 0 Å². The lowest BCUT2D eigenvalue weighted by molar-refractivity contribution is 0.457. The maximum Gasteiger partial charge on any atom is 0.569 e. The summed E-state index contributed by atoms with van der Waals surface area (Å²) in [4.78, 5) is 2.17. The summed E-state index contributed by atoms with van der Waals surface area (Å²) in [6.07, 6.45) is 0. The molecule has 0 bridgehead atoms. The number of anilines is 3. The number of hydrogen-bond donors (Lipinski definition) is 1. The van der Waals surface area contributed by atoms with Crippen molar-refractivity contribution in [3.63, 3.8) is 0 Å². The Labute approximate surface area is 176 Å². The van der Waals surface area contributed by atoms with Crippen LogP contribution in [0.15, 0.2) is 109 Å². The lowest BCUT2D eigenvalue weighted by Gasteiger charge is -2.29. The quantitative estimate of drug-likeness (QED) is 0.281. The van der Waals surface area contributed by atoms with Gasteiger partial charge < -0.3 is 14.6 Å². The molecule has 3 nitrogen and oxygen atoms in total. The Morgan fingerprint density at radius 1 is 0.533 bits per heavy atom. The van der Waals surface area contributed by atoms with Gasteiger partial charge in [0.05, 0.1) is 5.69 Å². The van der Waals surface area contributed by atoms with E-state index in [1.54, 1.807) is 0 Å². The van der Waals surface area contributed by atoms with Crippen LogP contribution in [0.5, 0.6) is 5.75 Å². The van der Waals surface area contributed by atoms with Crippen LogP contribution in [0.2, 0.25) is 0 Å². The van der Waals surface area contributed by atoms with E-state index in [2.05, 4.69) is 47.4 Å². The van der Waals surface area contributed by atoms with Gasteiger partial charge in [0.25, 0.3) is 0 Å². The first kappa shape index (κ1) is 18.3. The van der Waals surface area contributed by atoms with Crippen molar-refractivity contribution in [2.24, 2.45) is 0 Å². The fraction of sp³-hybridized carbons (Fsp3) is 0. The van der Waals surface area contributed by atoms with Crippen LogP contribution in [0.4, 0.5) is 17.1 Å². The molecule has 5 rings (SSSR count). The highest BCUT2D eigenvalue weighted by Gasteiger charge is 2.23. The first-order valence-corrected chi connectivity index (χ1v) is 9.84. The molecule has 0 heterocycles. The van der Waals surface area contributed by atoms with E-state index in [9.17, 15) is 5.02 Å². The molecule has 5 aromatic rings. The summed E-state index contributed by atoms with van der Waals surface area (Å²) in [5.41, 5.74) is 2.89. The van der Waals surface area contributed by atoms with Gasteiger partial charge in [0, 0.05) is 22.1 Å². The zero-order valence-corrected chi connectivity index (χ0v) is 16.3. The molecule has 0 aliphatic rings. The average Bonchev–Trinajstić information content (AvgIpc) is 2.82. The van der Waals surface area contributed by atoms with Gasteiger partial charge in [-0.1, -0.05) is 84.9 Å². The van der Waals surface area contributed by atoms with Crippen LogP contribution < -0.4 is 9.55 Å². The van der Waals surface area contributed by atoms with Crippen molar-refractivity contribution < 1.29 is 9.68 Å². The third-order valence-corrected chi connectivity index (χ3v) is 5.28. The molecule has 1 radical (unpaired) electrons. The molecule has 0 aromatic heterocycles. The minimum absolute atomic E-state index is 0.611. The highest BCUT2D eigenvalue weighted by Crippen LogP contribution is 2.48. The maximum absolute atomic E-state index is 9.63. The van der Waals surface area contributed by atoms with Crippen molar-refractivity contribution in [1.29, 1.82) is 0 Å². The van der Waals surface area contributed by atoms with Crippen molar-refractivity contribution in [2.75, 3.05) is 4.90 Å². The SMILES string of the molecule is O[B]Oc1c(N(c2ccccc2)c2ccccc2)c2ccccc2c2ccccc12. The number of fused-ring (bicyclic) bond motifs is 3. The highest BCUT2D eigenvalue weighted by molar-refractivity contribution is 6.23. The van der Waals surface area contributed by atoms with Crippen LogP contribution in [-0.2, 0) is 0 Å². The van der Waals surface area contributed by atoms with Gasteiger partial charge in [-0.25, -0.2) is 0 Å². The number of hydrogen-bond acceptors (Lipinski definition) is 3. The van der Waals surface area contributed by atoms with E-state index in [0.29, 0.717) is 5.75 Å². The van der Waals surface area contributed by atoms with Crippen molar-refractivity contribution in [3.05, 3.63) is 109 Å². The zero-order chi connectivity index (χ0) is 20.3. The normalized spacial score (nSPS) is 10.8. The van der Waals surface area contributed by atoms with Crippen LogP contribution in [0.3, 0.4) is 0 Å². The Kier molecular flexibility index (Phi) is 4.84. The molecule has 143 valence electrons. The van der Waals surface area contributed by atoms with Crippen LogP contribution in [0.1, 0.15) is 0 Å². The minimum atomic E-state index is 0.611. The predicted molar refractivity (Wildman–Crippen MR) is 125 cm³/mol. The van der Waals surface area contributed by atoms with Gasteiger partial charge in [0.1, 0.15) is 5.75 Å². The third kappa shape index (κ3) is 3.08. The number of nitrogens with zero attached hydrogens (tertiary/aromatic N) is 1. The lowest BCUT2D eigenvalue weighted by Crippen LogP contribution is -2.13. The molecule has 0 aliphatic heterocycles. The molecule has 0 spiro atoms. The van der Waals surface area contributed by atoms with E-state index in [1.807, 2.05) is 66.7 Å². The van der Waals surface area contributed by atoms with Gasteiger partial charge in [0.15, 0.2) is 0 Å². The first-order valence-electron chi connectivity index (χ1n) is 9.84. The standard InChI is InChI=1S/C26H19BNO2/c29-27-30-26-24-18-10-8-16-22(24)21-15-7-9-17-23(21)25(26)28(19-11-3-1-4-12-19)20-13-5-2-6-14-20/h1-18,29H. The largest absolute Gasteiger partial charge is 0.569 e. The molecular formula is C26H19BNO2. The molecule has 0 aliphatic carbocycles. The van der Waals surface area contributed by atoms with E-state index in [-0.39, 0.29) is 0 Å². The predicted octanol–water partition coefficient (Wildman–Crippen LogP) is 6.37. The van der Waals surface area contributed by atoms with E-state index in [0.717, 1.165) is 46.3 Å². The molecule has 1 N–H and O–H groups in total. The number of para-hydroxylation sites is 2. The Hall–Kier alpha value is -3.76. The fourth-order valence-electron chi connectivity index (χ4n) is 4.05. The highest BCUT2D eigenvalue weighted by atomic mass is 16.5. The van der Waals surface area contributed by atoms with Crippen LogP contribution >= 0.6 is 0 Å². The molecule has 0 fully saturated rings. The third-order valence-electron chi connectivity index (χ3n) is 5.28. The second kappa shape index (κ2) is 7.93. The molecule has 30 heavy (non-hydrogen) atoms. The van der Waals surface area contributed by atoms with E-state index in [1.165, 1.54) is 0 Å². The summed E-state index contributed by atoms with van der Waals surface area (Å²) in [6.45, 7) is 0. The number of benzene rings is 5. The molecule has 0 atom stereocenters. The molecule has 0 saturated heterocycles. The Balaban J connectivity index is 1.94. The van der Waals surface area contributed by atoms with Crippen LogP contribution in [0.25, 0.3) is 21.5 Å². The fourth-order valence-corrected chi connectivity index (χ4v) is 4.05. The Bertz CT molecular complexity index is 1270. The van der Waals surface area contributed by atoms with E-state index >= 15 is 0 Å². The maximum atomic E-state index is 9.63. The van der Waals surface area contributed by atoms with Gasteiger partial charge in [-0.05, 0) is 35.0 Å².